The number of thiophene rings is 3. The number of rotatable bonds is 12. The maximum absolute atomic E-state index is 5.15. The van der Waals surface area contributed by atoms with Gasteiger partial charge in [0.05, 0.1) is 75.5 Å². The van der Waals surface area contributed by atoms with Crippen molar-refractivity contribution in [3.63, 3.8) is 0 Å². The van der Waals surface area contributed by atoms with Crippen LogP contribution in [0.1, 0.15) is 0 Å². The molecule has 0 saturated heterocycles. The highest BCUT2D eigenvalue weighted by Gasteiger charge is 2.26. The summed E-state index contributed by atoms with van der Waals surface area (Å²) >= 11 is 5.47. The SMILES string of the molecule is c1ccc(-c2cc(-c3ccccc3)nc(-c3ccnc(-n4c5ccccc5c5ccc6c7ccccc7sc6c54)n3)n2)cc1.c1ccc(-c2cc(-c3ccccc3)nc(-c3cnc(-n4c5ccccc5c5ccc6c7ccccc7sc6c54)nc3)n2)cc1.c1ccc(-c2nc(-c3ccccc3)nc(-c3ccc(-n4c5ccccc5c5ccc6c7ccccc7sc6c54)nc3)n2)cc1. The number of nitrogens with zero attached hydrogens (tertiary/aromatic N) is 15. The molecule has 0 fully saturated rings. The van der Waals surface area contributed by atoms with Crippen LogP contribution in [-0.2, 0) is 0 Å². The van der Waals surface area contributed by atoms with E-state index in [2.05, 4.69) is 256 Å². The van der Waals surface area contributed by atoms with Crippen molar-refractivity contribution >= 4 is 160 Å². The van der Waals surface area contributed by atoms with Gasteiger partial charge in [0, 0.05) is 142 Å². The summed E-state index contributed by atoms with van der Waals surface area (Å²) < 4.78 is 14.2. The maximum Gasteiger partial charge on any atom is 0.235 e. The summed E-state index contributed by atoms with van der Waals surface area (Å²) in [6.07, 6.45) is 7.36. The number of hydrogen-bond acceptors (Lipinski definition) is 15. The Morgan fingerprint density at radius 3 is 0.886 bits per heavy atom. The number of para-hydroxylation sites is 3. The molecule has 12 aromatic heterocycles. The van der Waals surface area contributed by atoms with Gasteiger partial charge in [-0.2, -0.15) is 0 Å². The van der Waals surface area contributed by atoms with Crippen molar-refractivity contribution in [1.82, 2.24) is 73.5 Å². The molecule has 12 heterocycles. The molecule has 0 aliphatic carbocycles. The lowest BCUT2D eigenvalue weighted by molar-refractivity contribution is 0.984. The third-order valence-corrected chi connectivity index (χ3v) is 28.0. The first-order valence-electron chi connectivity index (χ1n) is 43.5. The van der Waals surface area contributed by atoms with E-state index in [4.69, 9.17) is 59.8 Å². The second-order valence-electron chi connectivity index (χ2n) is 32.2. The molecule has 0 bridgehead atoms. The summed E-state index contributed by atoms with van der Waals surface area (Å²) in [5.74, 6) is 5.06. The van der Waals surface area contributed by atoms with Crippen LogP contribution in [0.2, 0.25) is 0 Å². The predicted molar refractivity (Wildman–Crippen MR) is 543 cm³/mol. The lowest BCUT2D eigenvalue weighted by Crippen LogP contribution is -2.04. The lowest BCUT2D eigenvalue weighted by Gasteiger charge is -2.11. The number of aromatic nitrogens is 15. The molecule has 0 aliphatic heterocycles. The average Bonchev–Trinajstić information content (AvgIpc) is 1.57. The molecule has 0 atom stereocenters. The minimum Gasteiger partial charge on any atom is -0.292 e. The van der Waals surface area contributed by atoms with Crippen LogP contribution in [0.15, 0.2) is 419 Å². The summed E-state index contributed by atoms with van der Waals surface area (Å²) in [6.45, 7) is 0. The normalized spacial score (nSPS) is 11.6. The van der Waals surface area contributed by atoms with Gasteiger partial charge in [-0.05, 0) is 66.7 Å². The average molecular weight is 1750 g/mol. The van der Waals surface area contributed by atoms with Gasteiger partial charge in [-0.1, -0.05) is 328 Å². The van der Waals surface area contributed by atoms with E-state index in [-0.39, 0.29) is 0 Å². The molecule has 0 amide bonds. The smallest absolute Gasteiger partial charge is 0.235 e. The molecule has 27 aromatic rings. The van der Waals surface area contributed by atoms with Gasteiger partial charge in [-0.15, -0.1) is 34.0 Å². The maximum atomic E-state index is 5.15. The molecule has 15 aromatic carbocycles. The van der Waals surface area contributed by atoms with Crippen molar-refractivity contribution in [3.8, 4) is 120 Å². The molecule has 0 spiro atoms. The van der Waals surface area contributed by atoms with Crippen LogP contribution in [0, 0.1) is 0 Å². The van der Waals surface area contributed by atoms with Gasteiger partial charge in [0.2, 0.25) is 11.9 Å². The van der Waals surface area contributed by atoms with Crippen molar-refractivity contribution in [2.75, 3.05) is 0 Å². The highest BCUT2D eigenvalue weighted by molar-refractivity contribution is 7.27. The van der Waals surface area contributed by atoms with Crippen LogP contribution < -0.4 is 0 Å². The third-order valence-electron chi connectivity index (χ3n) is 24.4. The summed E-state index contributed by atoms with van der Waals surface area (Å²) in [7, 11) is 0. The van der Waals surface area contributed by atoms with Gasteiger partial charge in [-0.25, -0.2) is 59.8 Å². The second kappa shape index (κ2) is 32.6. The number of pyridine rings is 1. The Hall–Kier alpha value is -17.2. The Morgan fingerprint density at radius 1 is 0.182 bits per heavy atom. The molecule has 132 heavy (non-hydrogen) atoms. The third kappa shape index (κ3) is 13.6. The van der Waals surface area contributed by atoms with Crippen LogP contribution in [0.3, 0.4) is 0 Å². The topological polar surface area (TPSA) is 169 Å². The first-order chi connectivity index (χ1) is 65.4. The zero-order valence-electron chi connectivity index (χ0n) is 70.3. The van der Waals surface area contributed by atoms with Gasteiger partial charge in [0.25, 0.3) is 0 Å². The van der Waals surface area contributed by atoms with E-state index in [1.807, 2.05) is 210 Å². The highest BCUT2D eigenvalue weighted by atomic mass is 32.1. The number of benzene rings is 15. The predicted octanol–water partition coefficient (Wildman–Crippen LogP) is 29.2. The second-order valence-corrected chi connectivity index (χ2v) is 35.4. The van der Waals surface area contributed by atoms with Crippen molar-refractivity contribution in [1.29, 1.82) is 0 Å². The molecule has 0 aliphatic rings. The Kier molecular flexibility index (Phi) is 19.1. The van der Waals surface area contributed by atoms with Crippen LogP contribution in [0.4, 0.5) is 0 Å². The van der Waals surface area contributed by atoms with Gasteiger partial charge >= 0.3 is 0 Å². The summed E-state index contributed by atoms with van der Waals surface area (Å²) in [6, 6.07) is 136. The Labute approximate surface area is 766 Å². The molecule has 15 nitrogen and oxygen atoms in total. The van der Waals surface area contributed by atoms with Gasteiger partial charge in [0.1, 0.15) is 11.5 Å². The molecule has 0 saturated carbocycles. The van der Waals surface area contributed by atoms with E-state index in [9.17, 15) is 0 Å². The van der Waals surface area contributed by atoms with Crippen molar-refractivity contribution in [2.24, 2.45) is 0 Å². The van der Waals surface area contributed by atoms with E-state index in [1.54, 1.807) is 0 Å². The highest BCUT2D eigenvalue weighted by Crippen LogP contribution is 2.48. The van der Waals surface area contributed by atoms with Crippen molar-refractivity contribution in [3.05, 3.63) is 419 Å². The van der Waals surface area contributed by atoms with E-state index >= 15 is 0 Å². The molecular weight excluding hydrogens is 1680 g/mol. The van der Waals surface area contributed by atoms with Gasteiger partial charge < -0.3 is 0 Å². The Bertz CT molecular complexity index is 8610. The largest absolute Gasteiger partial charge is 0.292 e. The molecule has 0 unspecified atom stereocenters. The van der Waals surface area contributed by atoms with Crippen LogP contribution >= 0.6 is 34.0 Å². The first kappa shape index (κ1) is 77.2. The zero-order valence-corrected chi connectivity index (χ0v) is 72.7. The zero-order chi connectivity index (χ0) is 87.1. The quantitative estimate of drug-likeness (QED) is 0.114. The van der Waals surface area contributed by atoms with Gasteiger partial charge in [0.15, 0.2) is 29.1 Å². The van der Waals surface area contributed by atoms with Crippen LogP contribution in [-0.4, -0.2) is 73.5 Å². The molecular formula is C114H69N15S3. The fraction of sp³-hybridized carbons (Fsp3) is 0. The Balaban J connectivity index is 0.000000106. The molecule has 618 valence electrons. The summed E-state index contributed by atoms with van der Waals surface area (Å²) in [4.78, 5) is 59.4. The minimum atomic E-state index is 0.557. The van der Waals surface area contributed by atoms with Crippen LogP contribution in [0.25, 0.3) is 246 Å². The molecule has 27 rings (SSSR count). The van der Waals surface area contributed by atoms with Crippen molar-refractivity contribution < 1.29 is 0 Å². The van der Waals surface area contributed by atoms with Crippen LogP contribution in [0.5, 0.6) is 0 Å². The van der Waals surface area contributed by atoms with Crippen molar-refractivity contribution in [2.45, 2.75) is 0 Å². The molecule has 0 radical (unpaired) electrons. The van der Waals surface area contributed by atoms with E-state index in [1.165, 1.54) is 98.4 Å². The van der Waals surface area contributed by atoms with E-state index < -0.39 is 0 Å². The monoisotopic (exact) mass is 1740 g/mol. The number of hydrogen-bond donors (Lipinski definition) is 0. The summed E-state index contributed by atoms with van der Waals surface area (Å²) in [5, 5.41) is 14.7. The minimum absolute atomic E-state index is 0.557. The van der Waals surface area contributed by atoms with E-state index in [0.29, 0.717) is 46.7 Å². The molecule has 0 N–H and O–H groups in total. The van der Waals surface area contributed by atoms with Gasteiger partial charge in [-0.3, -0.25) is 13.7 Å². The fourth-order valence-corrected chi connectivity index (χ4v) is 22.0. The molecule has 18 heteroatoms. The Morgan fingerprint density at radius 2 is 0.492 bits per heavy atom. The number of fused-ring (bicyclic) bond motifs is 21. The first-order valence-corrected chi connectivity index (χ1v) is 45.9. The fourth-order valence-electron chi connectivity index (χ4n) is 18.2. The standard InChI is InChI=1S/3C38H23N5S/c1-3-11-24(12-4-1)36-40-37(25-13-5-2-6-14-25)42-38(41-36)26-19-22-33(39-23-26)43-31-17-9-7-15-27(31)29-20-21-30-28-16-8-10-18-32(28)44-35(30)34(29)43;1-3-11-24(12-4-1)31-21-32(25-13-5-2-6-14-25)42-37(41-31)26-22-39-38(40-23-26)43-33-17-9-7-15-27(33)29-19-20-30-28-16-8-10-18-34(28)44-36(30)35(29)43;1-3-11-24(12-4-1)31-23-32(25-13-5-2-6-14-25)41-37(40-31)30-21-22-39-38(42-30)43-33-17-9-7-15-26(33)28-19-20-29-27-16-8-10-18-34(27)44-36(29)35(28)43/h3*1-23H. The summed E-state index contributed by atoms with van der Waals surface area (Å²) in [5.41, 5.74) is 18.4. The lowest BCUT2D eigenvalue weighted by atomic mass is 10.1. The van der Waals surface area contributed by atoms with E-state index in [0.717, 1.165) is 101 Å².